The van der Waals surface area contributed by atoms with Gasteiger partial charge in [-0.25, -0.2) is 0 Å². The van der Waals surface area contributed by atoms with Gasteiger partial charge in [0.2, 0.25) is 11.8 Å². The largest absolute Gasteiger partial charge is 0.480 e. The molecule has 1 aromatic carbocycles. The van der Waals surface area contributed by atoms with Crippen molar-refractivity contribution in [3.63, 3.8) is 0 Å². The summed E-state index contributed by atoms with van der Waals surface area (Å²) in [5.41, 5.74) is -0.900. The SMILES string of the molecule is CC(NC(=O)C1CCN(C(=O)/C=C/c2cccc(C(F)(F)F)c2Cl)CC1)C(=O)O. The summed E-state index contributed by atoms with van der Waals surface area (Å²) in [6, 6.07) is 2.45. The zero-order valence-electron chi connectivity index (χ0n) is 15.5. The van der Waals surface area contributed by atoms with Gasteiger partial charge in [0.15, 0.2) is 0 Å². The Morgan fingerprint density at radius 3 is 2.45 bits per heavy atom. The number of nitrogens with zero attached hydrogens (tertiary/aromatic N) is 1. The molecule has 1 fully saturated rings. The number of likely N-dealkylation sites (tertiary alicyclic amines) is 1. The zero-order valence-corrected chi connectivity index (χ0v) is 16.3. The first-order valence-corrected chi connectivity index (χ1v) is 9.24. The Balaban J connectivity index is 1.95. The van der Waals surface area contributed by atoms with Gasteiger partial charge in [-0.3, -0.25) is 14.4 Å². The normalized spacial score (nSPS) is 16.7. The van der Waals surface area contributed by atoms with Gasteiger partial charge < -0.3 is 15.3 Å². The maximum Gasteiger partial charge on any atom is 0.417 e. The molecule has 2 N–H and O–H groups in total. The number of carboxylic acids is 1. The molecule has 1 aliphatic rings. The monoisotopic (exact) mass is 432 g/mol. The van der Waals surface area contributed by atoms with E-state index in [4.69, 9.17) is 16.7 Å². The van der Waals surface area contributed by atoms with Crippen molar-refractivity contribution in [3.8, 4) is 0 Å². The zero-order chi connectivity index (χ0) is 21.8. The molecule has 0 radical (unpaired) electrons. The van der Waals surface area contributed by atoms with Gasteiger partial charge in [-0.05, 0) is 37.5 Å². The molecule has 0 saturated carbocycles. The maximum absolute atomic E-state index is 12.9. The third-order valence-corrected chi connectivity index (χ3v) is 5.07. The van der Waals surface area contributed by atoms with Gasteiger partial charge in [-0.1, -0.05) is 23.7 Å². The summed E-state index contributed by atoms with van der Waals surface area (Å²) < 4.78 is 38.7. The lowest BCUT2D eigenvalue weighted by atomic mass is 9.95. The lowest BCUT2D eigenvalue weighted by molar-refractivity contribution is -0.142. The number of amides is 2. The van der Waals surface area contributed by atoms with Crippen molar-refractivity contribution >= 4 is 35.5 Å². The number of halogens is 4. The fourth-order valence-electron chi connectivity index (χ4n) is 2.92. The number of alkyl halides is 3. The fraction of sp³-hybridized carbons (Fsp3) is 0.421. The molecular formula is C19H20ClF3N2O4. The molecule has 1 heterocycles. The van der Waals surface area contributed by atoms with Crippen LogP contribution in [0, 0.1) is 5.92 Å². The molecule has 0 aromatic heterocycles. The number of hydrogen-bond donors (Lipinski definition) is 2. The van der Waals surface area contributed by atoms with E-state index in [0.29, 0.717) is 12.8 Å². The van der Waals surface area contributed by atoms with Crippen molar-refractivity contribution in [2.24, 2.45) is 5.92 Å². The highest BCUT2D eigenvalue weighted by molar-refractivity contribution is 6.33. The number of rotatable bonds is 5. The Morgan fingerprint density at radius 2 is 1.90 bits per heavy atom. The molecule has 0 aliphatic carbocycles. The van der Waals surface area contributed by atoms with Crippen LogP contribution in [-0.2, 0) is 20.6 Å². The van der Waals surface area contributed by atoms with Crippen molar-refractivity contribution in [1.82, 2.24) is 10.2 Å². The van der Waals surface area contributed by atoms with E-state index in [0.717, 1.165) is 12.1 Å². The summed E-state index contributed by atoms with van der Waals surface area (Å²) in [4.78, 5) is 36.6. The minimum absolute atomic E-state index is 0.0757. The molecule has 1 unspecified atom stereocenters. The molecule has 10 heteroatoms. The summed E-state index contributed by atoms with van der Waals surface area (Å²) >= 11 is 5.80. The molecular weight excluding hydrogens is 413 g/mol. The van der Waals surface area contributed by atoms with Crippen LogP contribution in [0.5, 0.6) is 0 Å². The van der Waals surface area contributed by atoms with Crippen molar-refractivity contribution in [2.75, 3.05) is 13.1 Å². The maximum atomic E-state index is 12.9. The first-order valence-electron chi connectivity index (χ1n) is 8.86. The van der Waals surface area contributed by atoms with Crippen LogP contribution in [0.2, 0.25) is 5.02 Å². The molecule has 1 atom stereocenters. The van der Waals surface area contributed by atoms with E-state index in [2.05, 4.69) is 5.32 Å². The van der Waals surface area contributed by atoms with Crippen molar-refractivity contribution in [2.45, 2.75) is 32.0 Å². The fourth-order valence-corrected chi connectivity index (χ4v) is 3.22. The third kappa shape index (κ3) is 5.96. The van der Waals surface area contributed by atoms with Gasteiger partial charge in [0.1, 0.15) is 6.04 Å². The topological polar surface area (TPSA) is 86.7 Å². The average molecular weight is 433 g/mol. The predicted molar refractivity (Wildman–Crippen MR) is 100 cm³/mol. The molecule has 158 valence electrons. The van der Waals surface area contributed by atoms with E-state index in [1.54, 1.807) is 0 Å². The second kappa shape index (κ2) is 9.30. The Bertz CT molecular complexity index is 818. The molecule has 29 heavy (non-hydrogen) atoms. The highest BCUT2D eigenvalue weighted by atomic mass is 35.5. The summed E-state index contributed by atoms with van der Waals surface area (Å²) in [5, 5.41) is 10.8. The predicted octanol–water partition coefficient (Wildman–Crippen LogP) is 3.20. The molecule has 2 rings (SSSR count). The number of benzene rings is 1. The summed E-state index contributed by atoms with van der Waals surface area (Å²) in [6.45, 7) is 1.92. The van der Waals surface area contributed by atoms with E-state index in [-0.39, 0.29) is 24.6 Å². The first-order chi connectivity index (χ1) is 13.5. The number of aliphatic carboxylic acids is 1. The highest BCUT2D eigenvalue weighted by Crippen LogP contribution is 2.36. The smallest absolute Gasteiger partial charge is 0.417 e. The molecule has 1 saturated heterocycles. The van der Waals surface area contributed by atoms with E-state index in [1.165, 1.54) is 30.0 Å². The lowest BCUT2D eigenvalue weighted by Gasteiger charge is -2.31. The summed E-state index contributed by atoms with van der Waals surface area (Å²) in [6.07, 6.45) is -1.49. The number of carbonyl (C=O) groups is 3. The van der Waals surface area contributed by atoms with Gasteiger partial charge in [0, 0.05) is 25.1 Å². The Kier molecular flexibility index (Phi) is 7.29. The van der Waals surface area contributed by atoms with Gasteiger partial charge >= 0.3 is 12.1 Å². The van der Waals surface area contributed by atoms with Crippen molar-refractivity contribution in [3.05, 3.63) is 40.4 Å². The van der Waals surface area contributed by atoms with Crippen molar-refractivity contribution < 1.29 is 32.7 Å². The van der Waals surface area contributed by atoms with Crippen molar-refractivity contribution in [1.29, 1.82) is 0 Å². The third-order valence-electron chi connectivity index (χ3n) is 4.65. The van der Waals surface area contributed by atoms with Gasteiger partial charge in [0.25, 0.3) is 0 Å². The van der Waals surface area contributed by atoms with E-state index in [1.807, 2.05) is 0 Å². The van der Waals surface area contributed by atoms with Crippen LogP contribution < -0.4 is 5.32 Å². The Morgan fingerprint density at radius 1 is 1.28 bits per heavy atom. The van der Waals surface area contributed by atoms with Gasteiger partial charge in [-0.2, -0.15) is 13.2 Å². The van der Waals surface area contributed by atoms with Crippen LogP contribution in [-0.4, -0.2) is 46.9 Å². The number of carboxylic acid groups (broad SMARTS) is 1. The number of carbonyl (C=O) groups excluding carboxylic acids is 2. The lowest BCUT2D eigenvalue weighted by Crippen LogP contribution is -2.46. The Labute approximate surface area is 170 Å². The summed E-state index contributed by atoms with van der Waals surface area (Å²) in [7, 11) is 0. The molecule has 2 amide bonds. The van der Waals surface area contributed by atoms with Crippen LogP contribution in [0.15, 0.2) is 24.3 Å². The van der Waals surface area contributed by atoms with E-state index in [9.17, 15) is 27.6 Å². The van der Waals surface area contributed by atoms with E-state index >= 15 is 0 Å². The molecule has 1 aliphatic heterocycles. The second-order valence-corrected chi connectivity index (χ2v) is 7.09. The van der Waals surface area contributed by atoms with Crippen LogP contribution in [0.1, 0.15) is 30.9 Å². The van der Waals surface area contributed by atoms with E-state index < -0.39 is 40.6 Å². The minimum Gasteiger partial charge on any atom is -0.480 e. The van der Waals surface area contributed by atoms with Crippen LogP contribution in [0.25, 0.3) is 6.08 Å². The minimum atomic E-state index is -4.59. The second-order valence-electron chi connectivity index (χ2n) is 6.71. The average Bonchev–Trinajstić information content (AvgIpc) is 2.66. The first kappa shape index (κ1) is 22.7. The van der Waals surface area contributed by atoms with Crippen LogP contribution in [0.4, 0.5) is 13.2 Å². The standard InChI is InChI=1S/C19H20ClF3N2O4/c1-11(18(28)29)24-17(27)13-7-9-25(10-8-13)15(26)6-5-12-3-2-4-14(16(12)20)19(21,22)23/h2-6,11,13H,7-10H2,1H3,(H,24,27)(H,28,29)/b6-5+. The van der Waals surface area contributed by atoms with Gasteiger partial charge in [-0.15, -0.1) is 0 Å². The van der Waals surface area contributed by atoms with Crippen LogP contribution in [0.3, 0.4) is 0 Å². The van der Waals surface area contributed by atoms with Gasteiger partial charge in [0.05, 0.1) is 10.6 Å². The molecule has 1 aromatic rings. The number of hydrogen-bond acceptors (Lipinski definition) is 3. The number of nitrogens with one attached hydrogen (secondary N) is 1. The quantitative estimate of drug-likeness (QED) is 0.699. The Hall–Kier alpha value is -2.55. The molecule has 0 spiro atoms. The number of piperidine rings is 1. The van der Waals surface area contributed by atoms with Crippen LogP contribution >= 0.6 is 11.6 Å². The molecule has 0 bridgehead atoms. The summed E-state index contributed by atoms with van der Waals surface area (Å²) in [5.74, 6) is -2.32. The highest BCUT2D eigenvalue weighted by Gasteiger charge is 2.33. The molecule has 6 nitrogen and oxygen atoms in total.